The molecule has 0 bridgehead atoms. The second kappa shape index (κ2) is 7.35. The highest BCUT2D eigenvalue weighted by molar-refractivity contribution is 5.98. The van der Waals surface area contributed by atoms with Gasteiger partial charge in [0.25, 0.3) is 5.91 Å². The molecular formula is C20H21N3O2. The lowest BCUT2D eigenvalue weighted by Gasteiger charge is -2.21. The van der Waals surface area contributed by atoms with Crippen LogP contribution in [0.1, 0.15) is 42.5 Å². The summed E-state index contributed by atoms with van der Waals surface area (Å²) in [7, 11) is 0. The van der Waals surface area contributed by atoms with Gasteiger partial charge in [-0.2, -0.15) is 5.26 Å². The molecule has 1 saturated carbocycles. The highest BCUT2D eigenvalue weighted by atomic mass is 16.2. The highest BCUT2D eigenvalue weighted by Crippen LogP contribution is 2.28. The van der Waals surface area contributed by atoms with Gasteiger partial charge >= 0.3 is 0 Å². The van der Waals surface area contributed by atoms with E-state index in [1.807, 2.05) is 36.4 Å². The van der Waals surface area contributed by atoms with Crippen LogP contribution in [0.25, 0.3) is 10.8 Å². The molecule has 25 heavy (non-hydrogen) atoms. The van der Waals surface area contributed by atoms with Crippen LogP contribution in [0.15, 0.2) is 42.5 Å². The summed E-state index contributed by atoms with van der Waals surface area (Å²) in [6, 6.07) is 15.6. The molecular weight excluding hydrogens is 314 g/mol. The standard InChI is InChI=1S/C20H21N3O2/c21-14-20(10-3-4-11-20)23-18(24)9-12-22-19(25)17-8-7-15-5-1-2-6-16(15)13-17/h1-2,5-8,13H,3-4,9-12H2,(H,22,25)(H,23,24). The molecule has 1 aliphatic carbocycles. The van der Waals surface area contributed by atoms with Crippen molar-refractivity contribution in [1.82, 2.24) is 10.6 Å². The Hall–Kier alpha value is -2.87. The molecule has 0 saturated heterocycles. The van der Waals surface area contributed by atoms with E-state index in [9.17, 15) is 14.9 Å². The van der Waals surface area contributed by atoms with E-state index in [1.165, 1.54) is 0 Å². The highest BCUT2D eigenvalue weighted by Gasteiger charge is 2.35. The van der Waals surface area contributed by atoms with E-state index in [4.69, 9.17) is 0 Å². The lowest BCUT2D eigenvalue weighted by atomic mass is 10.00. The van der Waals surface area contributed by atoms with Crippen LogP contribution in [-0.2, 0) is 4.79 Å². The summed E-state index contributed by atoms with van der Waals surface area (Å²) in [5.74, 6) is -0.392. The van der Waals surface area contributed by atoms with Crippen molar-refractivity contribution in [3.05, 3.63) is 48.0 Å². The molecule has 5 heteroatoms. The van der Waals surface area contributed by atoms with Crippen molar-refractivity contribution < 1.29 is 9.59 Å². The number of nitrogens with one attached hydrogen (secondary N) is 2. The van der Waals surface area contributed by atoms with Gasteiger partial charge in [-0.05, 0) is 48.6 Å². The fourth-order valence-corrected chi connectivity index (χ4v) is 3.29. The number of carbonyl (C=O) groups is 2. The summed E-state index contributed by atoms with van der Waals surface area (Å²) < 4.78 is 0. The normalized spacial score (nSPS) is 15.5. The fourth-order valence-electron chi connectivity index (χ4n) is 3.29. The van der Waals surface area contributed by atoms with Gasteiger partial charge in [-0.15, -0.1) is 0 Å². The van der Waals surface area contributed by atoms with Crippen LogP contribution in [0.3, 0.4) is 0 Å². The molecule has 0 heterocycles. The van der Waals surface area contributed by atoms with Gasteiger partial charge in [0.15, 0.2) is 0 Å². The van der Waals surface area contributed by atoms with Crippen LogP contribution >= 0.6 is 0 Å². The van der Waals surface area contributed by atoms with Crippen LogP contribution < -0.4 is 10.6 Å². The average Bonchev–Trinajstić information content (AvgIpc) is 3.10. The number of benzene rings is 2. The maximum atomic E-state index is 12.2. The number of nitrogens with zero attached hydrogens (tertiary/aromatic N) is 1. The van der Waals surface area contributed by atoms with Crippen LogP contribution in [-0.4, -0.2) is 23.9 Å². The summed E-state index contributed by atoms with van der Waals surface area (Å²) >= 11 is 0. The third-order valence-electron chi connectivity index (χ3n) is 4.70. The molecule has 5 nitrogen and oxygen atoms in total. The summed E-state index contributed by atoms with van der Waals surface area (Å²) in [5.41, 5.74) is -0.136. The maximum absolute atomic E-state index is 12.2. The number of carbonyl (C=O) groups excluding carboxylic acids is 2. The molecule has 0 atom stereocenters. The van der Waals surface area contributed by atoms with Gasteiger partial charge < -0.3 is 10.6 Å². The van der Waals surface area contributed by atoms with E-state index < -0.39 is 5.54 Å². The molecule has 0 unspecified atom stereocenters. The van der Waals surface area contributed by atoms with E-state index in [0.29, 0.717) is 18.4 Å². The monoisotopic (exact) mass is 335 g/mol. The van der Waals surface area contributed by atoms with Crippen LogP contribution in [0.5, 0.6) is 0 Å². The first-order valence-electron chi connectivity index (χ1n) is 8.61. The molecule has 2 aromatic carbocycles. The smallest absolute Gasteiger partial charge is 0.251 e. The first-order chi connectivity index (χ1) is 12.1. The summed E-state index contributed by atoms with van der Waals surface area (Å²) in [4.78, 5) is 24.3. The minimum atomic E-state index is -0.709. The molecule has 0 aromatic heterocycles. The fraction of sp³-hybridized carbons (Fsp3) is 0.350. The second-order valence-electron chi connectivity index (χ2n) is 6.52. The van der Waals surface area contributed by atoms with Crippen molar-refractivity contribution in [2.75, 3.05) is 6.54 Å². The lowest BCUT2D eigenvalue weighted by molar-refractivity contribution is -0.122. The number of nitriles is 1. The zero-order valence-corrected chi connectivity index (χ0v) is 14.0. The van der Waals surface area contributed by atoms with Crippen molar-refractivity contribution in [2.45, 2.75) is 37.6 Å². The SMILES string of the molecule is N#CC1(NC(=O)CCNC(=O)c2ccc3ccccc3c2)CCCC1. The van der Waals surface area contributed by atoms with E-state index in [-0.39, 0.29) is 24.8 Å². The molecule has 2 aromatic rings. The third-order valence-corrected chi connectivity index (χ3v) is 4.70. The minimum absolute atomic E-state index is 0.169. The number of hydrogen-bond acceptors (Lipinski definition) is 3. The summed E-state index contributed by atoms with van der Waals surface area (Å²) in [5, 5.41) is 17.0. The largest absolute Gasteiger partial charge is 0.352 e. The van der Waals surface area contributed by atoms with Crippen LogP contribution in [0.2, 0.25) is 0 Å². The average molecular weight is 335 g/mol. The van der Waals surface area contributed by atoms with E-state index in [0.717, 1.165) is 23.6 Å². The van der Waals surface area contributed by atoms with Gasteiger partial charge in [0.1, 0.15) is 5.54 Å². The van der Waals surface area contributed by atoms with Crippen molar-refractivity contribution in [1.29, 1.82) is 5.26 Å². The maximum Gasteiger partial charge on any atom is 0.251 e. The molecule has 128 valence electrons. The van der Waals surface area contributed by atoms with Crippen molar-refractivity contribution in [3.8, 4) is 6.07 Å². The first-order valence-corrected chi connectivity index (χ1v) is 8.61. The molecule has 2 N–H and O–H groups in total. The predicted molar refractivity (Wildman–Crippen MR) is 95.9 cm³/mol. The van der Waals surface area contributed by atoms with Gasteiger partial charge in [0.2, 0.25) is 5.91 Å². The molecule has 1 fully saturated rings. The topological polar surface area (TPSA) is 82.0 Å². The van der Waals surface area contributed by atoms with E-state index in [1.54, 1.807) is 6.07 Å². The summed E-state index contributed by atoms with van der Waals surface area (Å²) in [6.45, 7) is 0.249. The lowest BCUT2D eigenvalue weighted by Crippen LogP contribution is -2.46. The third kappa shape index (κ3) is 3.97. The van der Waals surface area contributed by atoms with Gasteiger partial charge in [-0.25, -0.2) is 0 Å². The molecule has 0 radical (unpaired) electrons. The van der Waals surface area contributed by atoms with Gasteiger partial charge in [0, 0.05) is 18.5 Å². The molecule has 0 spiro atoms. The van der Waals surface area contributed by atoms with E-state index in [2.05, 4.69) is 16.7 Å². The Bertz CT molecular complexity index is 832. The van der Waals surface area contributed by atoms with Crippen LogP contribution in [0, 0.1) is 11.3 Å². The van der Waals surface area contributed by atoms with Crippen LogP contribution in [0.4, 0.5) is 0 Å². The summed E-state index contributed by atoms with van der Waals surface area (Å²) in [6.07, 6.45) is 3.51. The molecule has 2 amide bonds. The number of hydrogen-bond donors (Lipinski definition) is 2. The first kappa shape index (κ1) is 17.0. The Morgan fingerprint density at radius 2 is 1.80 bits per heavy atom. The number of fused-ring (bicyclic) bond motifs is 1. The van der Waals surface area contributed by atoms with Crippen molar-refractivity contribution in [2.24, 2.45) is 0 Å². The number of rotatable bonds is 5. The number of amides is 2. The molecule has 3 rings (SSSR count). The molecule has 0 aliphatic heterocycles. The van der Waals surface area contributed by atoms with Gasteiger partial charge in [-0.3, -0.25) is 9.59 Å². The van der Waals surface area contributed by atoms with Gasteiger partial charge in [-0.1, -0.05) is 30.3 Å². The minimum Gasteiger partial charge on any atom is -0.352 e. The Morgan fingerprint density at radius 3 is 2.52 bits per heavy atom. The van der Waals surface area contributed by atoms with E-state index >= 15 is 0 Å². The van der Waals surface area contributed by atoms with Crippen molar-refractivity contribution in [3.63, 3.8) is 0 Å². The second-order valence-corrected chi connectivity index (χ2v) is 6.52. The Morgan fingerprint density at radius 1 is 1.08 bits per heavy atom. The van der Waals surface area contributed by atoms with Crippen molar-refractivity contribution >= 4 is 22.6 Å². The van der Waals surface area contributed by atoms with Gasteiger partial charge in [0.05, 0.1) is 6.07 Å². The predicted octanol–water partition coefficient (Wildman–Crippen LogP) is 2.91. The quantitative estimate of drug-likeness (QED) is 0.881. The molecule has 1 aliphatic rings. The zero-order chi connectivity index (χ0) is 17.7. The Kier molecular flexibility index (Phi) is 4.99. The Balaban J connectivity index is 1.51. The zero-order valence-electron chi connectivity index (χ0n) is 14.0. The Labute approximate surface area is 147 Å².